The van der Waals surface area contributed by atoms with E-state index in [1.165, 1.54) is 29.4 Å². The maximum atomic E-state index is 10.0. The molecule has 0 unspecified atom stereocenters. The van der Waals surface area contributed by atoms with Crippen LogP contribution in [0.2, 0.25) is 0 Å². The first-order chi connectivity index (χ1) is 7.79. The highest BCUT2D eigenvalue weighted by Gasteiger charge is 2.35. The van der Waals surface area contributed by atoms with Crippen LogP contribution in [-0.2, 0) is 17.5 Å². The van der Waals surface area contributed by atoms with Gasteiger partial charge in [-0.3, -0.25) is 0 Å². The van der Waals surface area contributed by atoms with Crippen LogP contribution in [0.25, 0.3) is 0 Å². The third-order valence-electron chi connectivity index (χ3n) is 4.01. The van der Waals surface area contributed by atoms with E-state index in [1.807, 2.05) is 13.8 Å². The third-order valence-corrected chi connectivity index (χ3v) is 4.01. The lowest BCUT2D eigenvalue weighted by Crippen LogP contribution is -2.49. The van der Waals surface area contributed by atoms with Crippen molar-refractivity contribution in [2.75, 3.05) is 0 Å². The zero-order valence-corrected chi connectivity index (χ0v) is 11.2. The van der Waals surface area contributed by atoms with Crippen molar-refractivity contribution in [3.05, 3.63) is 29.3 Å². The first-order valence-electron chi connectivity index (χ1n) is 6.27. The summed E-state index contributed by atoms with van der Waals surface area (Å²) in [5.41, 5.74) is 2.73. The van der Waals surface area contributed by atoms with Gasteiger partial charge in [0.15, 0.2) is 0 Å². The van der Waals surface area contributed by atoms with Crippen LogP contribution >= 0.6 is 0 Å². The van der Waals surface area contributed by atoms with E-state index < -0.39 is 11.2 Å². The molecule has 0 amide bonds. The number of benzene rings is 1. The Kier molecular flexibility index (Phi) is 3.09. The van der Waals surface area contributed by atoms with Crippen molar-refractivity contribution in [1.29, 1.82) is 0 Å². The molecule has 1 aromatic rings. The number of fused-ring (bicyclic) bond motifs is 1. The van der Waals surface area contributed by atoms with E-state index in [-0.39, 0.29) is 0 Å². The van der Waals surface area contributed by atoms with E-state index in [1.54, 1.807) is 13.8 Å². The highest BCUT2D eigenvalue weighted by atomic mass is 16.5. The van der Waals surface area contributed by atoms with Crippen molar-refractivity contribution in [3.8, 4) is 0 Å². The normalized spacial score (nSPS) is 15.1. The molecule has 0 atom stereocenters. The second kappa shape index (κ2) is 4.15. The van der Waals surface area contributed by atoms with Gasteiger partial charge in [0.1, 0.15) is 0 Å². The average Bonchev–Trinajstić information content (AvgIpc) is 2.16. The van der Waals surface area contributed by atoms with Crippen molar-refractivity contribution in [1.82, 2.24) is 0 Å². The average molecular weight is 232 g/mol. The van der Waals surface area contributed by atoms with Crippen LogP contribution < -0.4 is 5.46 Å². The molecule has 2 nitrogen and oxygen atoms in total. The number of hydrogen-bond donors (Lipinski definition) is 1. The fraction of sp³-hybridized carbons (Fsp3) is 0.571. The highest BCUT2D eigenvalue weighted by molar-refractivity contribution is 6.47. The minimum Gasteiger partial charge on any atom is -0.427 e. The van der Waals surface area contributed by atoms with Crippen LogP contribution in [0.5, 0.6) is 0 Å². The van der Waals surface area contributed by atoms with Crippen molar-refractivity contribution in [2.45, 2.75) is 51.7 Å². The molecule has 3 heteroatoms. The van der Waals surface area contributed by atoms with E-state index in [2.05, 4.69) is 18.2 Å². The molecular weight excluding hydrogens is 211 g/mol. The molecule has 0 saturated carbocycles. The van der Waals surface area contributed by atoms with Crippen molar-refractivity contribution < 1.29 is 9.76 Å². The van der Waals surface area contributed by atoms with Gasteiger partial charge in [-0.1, -0.05) is 23.7 Å². The van der Waals surface area contributed by atoms with Crippen LogP contribution in [0.15, 0.2) is 18.2 Å². The van der Waals surface area contributed by atoms with Gasteiger partial charge in [0.25, 0.3) is 0 Å². The third kappa shape index (κ3) is 2.56. The molecule has 0 fully saturated rings. The lowest BCUT2D eigenvalue weighted by Gasteiger charge is -2.37. The predicted octanol–water partition coefficient (Wildman–Crippen LogP) is 1.33. The first-order valence-corrected chi connectivity index (χ1v) is 6.27. The van der Waals surface area contributed by atoms with Gasteiger partial charge in [0.2, 0.25) is 0 Å². The second-order valence-electron chi connectivity index (χ2n) is 5.96. The minimum absolute atomic E-state index is 0.546. The van der Waals surface area contributed by atoms with Crippen LogP contribution in [0.4, 0.5) is 0 Å². The number of rotatable bonds is 4. The Hall–Kier alpha value is -0.795. The SMILES string of the molecule is CC(C)(O)C(C)(C)OBc1ccc2c(c1)CC2. The smallest absolute Gasteiger partial charge is 0.309 e. The summed E-state index contributed by atoms with van der Waals surface area (Å²) in [7, 11) is 0.560. The summed E-state index contributed by atoms with van der Waals surface area (Å²) in [6.07, 6.45) is 2.41. The van der Waals surface area contributed by atoms with Gasteiger partial charge in [-0.2, -0.15) is 0 Å². The molecule has 1 N–H and O–H groups in total. The monoisotopic (exact) mass is 232 g/mol. The highest BCUT2D eigenvalue weighted by Crippen LogP contribution is 2.25. The van der Waals surface area contributed by atoms with Gasteiger partial charge in [0.05, 0.1) is 11.2 Å². The van der Waals surface area contributed by atoms with E-state index in [0.717, 1.165) is 0 Å². The second-order valence-corrected chi connectivity index (χ2v) is 5.96. The molecule has 17 heavy (non-hydrogen) atoms. The molecule has 92 valence electrons. The Labute approximate surface area is 104 Å². The van der Waals surface area contributed by atoms with Crippen molar-refractivity contribution in [2.24, 2.45) is 0 Å². The molecule has 0 radical (unpaired) electrons. The minimum atomic E-state index is -0.840. The molecule has 0 aliphatic heterocycles. The van der Waals surface area contributed by atoms with Crippen LogP contribution in [-0.4, -0.2) is 23.8 Å². The fourth-order valence-corrected chi connectivity index (χ4v) is 1.78. The van der Waals surface area contributed by atoms with E-state index >= 15 is 0 Å². The Morgan fingerprint density at radius 1 is 1.12 bits per heavy atom. The zero-order chi connectivity index (χ0) is 12.7. The lowest BCUT2D eigenvalue weighted by atomic mass is 9.78. The van der Waals surface area contributed by atoms with Gasteiger partial charge >= 0.3 is 7.48 Å². The summed E-state index contributed by atoms with van der Waals surface area (Å²) >= 11 is 0. The molecule has 2 rings (SSSR count). The summed E-state index contributed by atoms with van der Waals surface area (Å²) in [4.78, 5) is 0. The Balaban J connectivity index is 2.00. The molecule has 0 bridgehead atoms. The molecule has 0 spiro atoms. The maximum Gasteiger partial charge on any atom is 0.309 e. The standard InChI is InChI=1S/C14H21BO2/c1-13(2,16)14(3,4)17-15-12-8-7-10-5-6-11(10)9-12/h7-9,15-16H,5-6H2,1-4H3. The molecule has 0 heterocycles. The number of aryl methyl sites for hydroxylation is 2. The molecular formula is C14H21BO2. The zero-order valence-electron chi connectivity index (χ0n) is 11.2. The number of aliphatic hydroxyl groups is 1. The van der Waals surface area contributed by atoms with Gasteiger partial charge < -0.3 is 9.76 Å². The van der Waals surface area contributed by atoms with Gasteiger partial charge in [-0.25, -0.2) is 0 Å². The van der Waals surface area contributed by atoms with Gasteiger partial charge in [-0.15, -0.1) is 0 Å². The lowest BCUT2D eigenvalue weighted by molar-refractivity contribution is -0.0893. The van der Waals surface area contributed by atoms with Crippen LogP contribution in [0.3, 0.4) is 0 Å². The molecule has 1 aliphatic carbocycles. The Morgan fingerprint density at radius 3 is 2.24 bits per heavy atom. The quantitative estimate of drug-likeness (QED) is 0.793. The molecule has 1 aliphatic rings. The summed E-state index contributed by atoms with van der Waals surface area (Å²) in [5.74, 6) is 0. The van der Waals surface area contributed by atoms with Crippen LogP contribution in [0, 0.1) is 0 Å². The fourth-order valence-electron chi connectivity index (χ4n) is 1.78. The van der Waals surface area contributed by atoms with Crippen molar-refractivity contribution in [3.63, 3.8) is 0 Å². The maximum absolute atomic E-state index is 10.0. The van der Waals surface area contributed by atoms with Crippen LogP contribution in [0.1, 0.15) is 38.8 Å². The summed E-state index contributed by atoms with van der Waals surface area (Å²) < 4.78 is 5.85. The molecule has 0 saturated heterocycles. The summed E-state index contributed by atoms with van der Waals surface area (Å²) in [6, 6.07) is 6.53. The van der Waals surface area contributed by atoms with Crippen molar-refractivity contribution >= 4 is 12.9 Å². The number of hydrogen-bond acceptors (Lipinski definition) is 2. The Morgan fingerprint density at radius 2 is 1.76 bits per heavy atom. The topological polar surface area (TPSA) is 29.5 Å². The first kappa shape index (κ1) is 12.7. The Bertz CT molecular complexity index is 419. The van der Waals surface area contributed by atoms with E-state index in [9.17, 15) is 5.11 Å². The van der Waals surface area contributed by atoms with E-state index in [4.69, 9.17) is 4.65 Å². The van der Waals surface area contributed by atoms with Gasteiger partial charge in [-0.05, 0) is 51.7 Å². The summed E-state index contributed by atoms with van der Waals surface area (Å²) in [6.45, 7) is 7.41. The molecule has 1 aromatic carbocycles. The summed E-state index contributed by atoms with van der Waals surface area (Å²) in [5, 5.41) is 10.0. The predicted molar refractivity (Wildman–Crippen MR) is 72.1 cm³/mol. The molecule has 0 aromatic heterocycles. The largest absolute Gasteiger partial charge is 0.427 e. The van der Waals surface area contributed by atoms with E-state index in [0.29, 0.717) is 7.48 Å². The van der Waals surface area contributed by atoms with Gasteiger partial charge in [0, 0.05) is 0 Å².